The normalized spacial score (nSPS) is 11.7. The van der Waals surface area contributed by atoms with Crippen LogP contribution in [-0.2, 0) is 6.42 Å². The van der Waals surface area contributed by atoms with Crippen LogP contribution in [0, 0.1) is 13.8 Å². The molecule has 3 heteroatoms. The molecule has 100 valence electrons. The summed E-state index contributed by atoms with van der Waals surface area (Å²) < 4.78 is 0. The third-order valence-electron chi connectivity index (χ3n) is 3.24. The van der Waals surface area contributed by atoms with Gasteiger partial charge in [0.25, 0.3) is 0 Å². The molecule has 0 unspecified atom stereocenters. The van der Waals surface area contributed by atoms with Gasteiger partial charge in [-0.15, -0.1) is 0 Å². The molecule has 0 fully saturated rings. The maximum atomic E-state index is 5.94. The smallest absolute Gasteiger partial charge is 0.191 e. The first-order valence-electron chi connectivity index (χ1n) is 6.69. The van der Waals surface area contributed by atoms with Gasteiger partial charge in [0.1, 0.15) is 0 Å². The Morgan fingerprint density at radius 2 is 1.89 bits per heavy atom. The zero-order valence-electron chi connectivity index (χ0n) is 12.0. The Morgan fingerprint density at radius 3 is 2.44 bits per heavy atom. The van der Waals surface area contributed by atoms with E-state index in [2.05, 4.69) is 55.8 Å². The highest BCUT2D eigenvalue weighted by Gasteiger charge is 2.02. The third kappa shape index (κ3) is 4.06. The first-order chi connectivity index (χ1) is 8.58. The summed E-state index contributed by atoms with van der Waals surface area (Å²) in [7, 11) is 0. The molecule has 0 aliphatic rings. The van der Waals surface area contributed by atoms with Crippen LogP contribution in [0.1, 0.15) is 30.5 Å². The second-order valence-corrected chi connectivity index (χ2v) is 4.59. The SMILES string of the molecule is CCN(CC)C(N)=NCCc1ccc(C)cc1C. The molecule has 0 aliphatic heterocycles. The van der Waals surface area contributed by atoms with Crippen molar-refractivity contribution >= 4 is 5.96 Å². The Bertz CT molecular complexity index is 406. The lowest BCUT2D eigenvalue weighted by Crippen LogP contribution is -2.37. The van der Waals surface area contributed by atoms with E-state index in [-0.39, 0.29) is 0 Å². The minimum Gasteiger partial charge on any atom is -0.370 e. The van der Waals surface area contributed by atoms with Crippen molar-refractivity contribution in [1.29, 1.82) is 0 Å². The lowest BCUT2D eigenvalue weighted by molar-refractivity contribution is 0.458. The second kappa shape index (κ2) is 7.04. The van der Waals surface area contributed by atoms with Gasteiger partial charge in [0.05, 0.1) is 0 Å². The topological polar surface area (TPSA) is 41.6 Å². The molecule has 1 aromatic rings. The number of guanidine groups is 1. The van der Waals surface area contributed by atoms with E-state index in [1.54, 1.807) is 0 Å². The summed E-state index contributed by atoms with van der Waals surface area (Å²) >= 11 is 0. The molecule has 0 radical (unpaired) electrons. The predicted octanol–water partition coefficient (Wildman–Crippen LogP) is 2.50. The summed E-state index contributed by atoms with van der Waals surface area (Å²) in [5.74, 6) is 0.657. The van der Waals surface area contributed by atoms with Crippen LogP contribution in [0.4, 0.5) is 0 Å². The van der Waals surface area contributed by atoms with Gasteiger partial charge in [0.15, 0.2) is 5.96 Å². The molecule has 0 amide bonds. The molecule has 1 rings (SSSR count). The maximum absolute atomic E-state index is 5.94. The highest BCUT2D eigenvalue weighted by atomic mass is 15.2. The van der Waals surface area contributed by atoms with Crippen molar-refractivity contribution in [2.75, 3.05) is 19.6 Å². The van der Waals surface area contributed by atoms with Gasteiger partial charge >= 0.3 is 0 Å². The summed E-state index contributed by atoms with van der Waals surface area (Å²) in [6.45, 7) is 11.0. The first kappa shape index (κ1) is 14.6. The van der Waals surface area contributed by atoms with Gasteiger partial charge in [0, 0.05) is 19.6 Å². The summed E-state index contributed by atoms with van der Waals surface area (Å²) in [6, 6.07) is 6.56. The van der Waals surface area contributed by atoms with Crippen molar-refractivity contribution in [2.24, 2.45) is 10.7 Å². The summed E-state index contributed by atoms with van der Waals surface area (Å²) in [4.78, 5) is 6.52. The molecule has 1 aromatic carbocycles. The van der Waals surface area contributed by atoms with E-state index >= 15 is 0 Å². The first-order valence-corrected chi connectivity index (χ1v) is 6.69. The van der Waals surface area contributed by atoms with Gasteiger partial charge in [-0.2, -0.15) is 0 Å². The summed E-state index contributed by atoms with van der Waals surface area (Å²) in [5.41, 5.74) is 9.95. The van der Waals surface area contributed by atoms with Crippen LogP contribution in [0.25, 0.3) is 0 Å². The minimum absolute atomic E-state index is 0.657. The highest BCUT2D eigenvalue weighted by molar-refractivity contribution is 5.77. The lowest BCUT2D eigenvalue weighted by Gasteiger charge is -2.19. The number of benzene rings is 1. The molecule has 3 nitrogen and oxygen atoms in total. The van der Waals surface area contributed by atoms with Crippen LogP contribution < -0.4 is 5.73 Å². The quantitative estimate of drug-likeness (QED) is 0.641. The van der Waals surface area contributed by atoms with Crippen LogP contribution in [0.5, 0.6) is 0 Å². The number of aliphatic imine (C=N–C) groups is 1. The molecule has 0 saturated heterocycles. The van der Waals surface area contributed by atoms with Crippen molar-refractivity contribution in [3.63, 3.8) is 0 Å². The van der Waals surface area contributed by atoms with E-state index in [9.17, 15) is 0 Å². The standard InChI is InChI=1S/C15H25N3/c1-5-18(6-2)15(16)17-10-9-14-8-7-12(3)11-13(14)4/h7-8,11H,5-6,9-10H2,1-4H3,(H2,16,17). The second-order valence-electron chi connectivity index (χ2n) is 4.59. The van der Waals surface area contributed by atoms with Crippen molar-refractivity contribution in [3.05, 3.63) is 34.9 Å². The van der Waals surface area contributed by atoms with Crippen molar-refractivity contribution in [3.8, 4) is 0 Å². The van der Waals surface area contributed by atoms with E-state index < -0.39 is 0 Å². The molecule has 0 saturated carbocycles. The summed E-state index contributed by atoms with van der Waals surface area (Å²) in [6.07, 6.45) is 0.952. The van der Waals surface area contributed by atoms with Gasteiger partial charge in [-0.05, 0) is 45.2 Å². The molecule has 0 aromatic heterocycles. The molecule has 2 N–H and O–H groups in total. The number of hydrogen-bond donors (Lipinski definition) is 1. The summed E-state index contributed by atoms with van der Waals surface area (Å²) in [5, 5.41) is 0. The van der Waals surface area contributed by atoms with Crippen molar-refractivity contribution in [2.45, 2.75) is 34.1 Å². The number of nitrogens with zero attached hydrogens (tertiary/aromatic N) is 2. The monoisotopic (exact) mass is 247 g/mol. The molecular weight excluding hydrogens is 222 g/mol. The Hall–Kier alpha value is -1.51. The van der Waals surface area contributed by atoms with E-state index in [1.165, 1.54) is 16.7 Å². The van der Waals surface area contributed by atoms with Crippen LogP contribution in [0.2, 0.25) is 0 Å². The van der Waals surface area contributed by atoms with Crippen molar-refractivity contribution in [1.82, 2.24) is 4.90 Å². The Balaban J connectivity index is 2.57. The highest BCUT2D eigenvalue weighted by Crippen LogP contribution is 2.11. The molecule has 0 aliphatic carbocycles. The van der Waals surface area contributed by atoms with Gasteiger partial charge in [-0.1, -0.05) is 23.8 Å². The average molecular weight is 247 g/mol. The predicted molar refractivity (Wildman–Crippen MR) is 79.0 cm³/mol. The minimum atomic E-state index is 0.657. The fourth-order valence-electron chi connectivity index (χ4n) is 2.06. The zero-order chi connectivity index (χ0) is 13.5. The average Bonchev–Trinajstić information content (AvgIpc) is 2.33. The molecule has 0 heterocycles. The van der Waals surface area contributed by atoms with Crippen LogP contribution in [-0.4, -0.2) is 30.5 Å². The van der Waals surface area contributed by atoms with E-state index in [0.29, 0.717) is 5.96 Å². The lowest BCUT2D eigenvalue weighted by atomic mass is 10.0. The Morgan fingerprint density at radius 1 is 1.22 bits per heavy atom. The van der Waals surface area contributed by atoms with Gasteiger partial charge < -0.3 is 10.6 Å². The molecule has 18 heavy (non-hydrogen) atoms. The molecule has 0 atom stereocenters. The largest absolute Gasteiger partial charge is 0.370 e. The number of rotatable bonds is 5. The fraction of sp³-hybridized carbons (Fsp3) is 0.533. The van der Waals surface area contributed by atoms with E-state index in [1.807, 2.05) is 0 Å². The van der Waals surface area contributed by atoms with Crippen LogP contribution >= 0.6 is 0 Å². The number of nitrogens with two attached hydrogens (primary N) is 1. The third-order valence-corrected chi connectivity index (χ3v) is 3.24. The number of aryl methyl sites for hydroxylation is 2. The molecule has 0 bridgehead atoms. The number of hydrogen-bond acceptors (Lipinski definition) is 1. The van der Waals surface area contributed by atoms with Crippen molar-refractivity contribution < 1.29 is 0 Å². The van der Waals surface area contributed by atoms with Gasteiger partial charge in [-0.3, -0.25) is 4.99 Å². The zero-order valence-corrected chi connectivity index (χ0v) is 12.0. The maximum Gasteiger partial charge on any atom is 0.191 e. The molecule has 0 spiro atoms. The van der Waals surface area contributed by atoms with E-state index in [4.69, 9.17) is 5.73 Å². The van der Waals surface area contributed by atoms with E-state index in [0.717, 1.165) is 26.1 Å². The van der Waals surface area contributed by atoms with Gasteiger partial charge in [-0.25, -0.2) is 0 Å². The fourth-order valence-corrected chi connectivity index (χ4v) is 2.06. The molecular formula is C15H25N3. The van der Waals surface area contributed by atoms with Crippen LogP contribution in [0.3, 0.4) is 0 Å². The Kier molecular flexibility index (Phi) is 5.69. The van der Waals surface area contributed by atoms with Gasteiger partial charge in [0.2, 0.25) is 0 Å². The van der Waals surface area contributed by atoms with Crippen LogP contribution in [0.15, 0.2) is 23.2 Å². The Labute approximate surface area is 111 Å².